The van der Waals surface area contributed by atoms with Crippen LogP contribution < -0.4 is 10.2 Å². The Balaban J connectivity index is 1.84. The molecule has 7 nitrogen and oxygen atoms in total. The molecule has 1 aliphatic carbocycles. The Labute approximate surface area is 147 Å². The Kier molecular flexibility index (Phi) is 5.53. The summed E-state index contributed by atoms with van der Waals surface area (Å²) >= 11 is 0. The fraction of sp³-hybridized carbons (Fsp3) is 0.611. The highest BCUT2D eigenvalue weighted by Gasteiger charge is 2.25. The number of carbonyl (C=O) groups excluding carboxylic acids is 1. The highest BCUT2D eigenvalue weighted by atomic mass is 16.6. The predicted octanol–water partition coefficient (Wildman–Crippen LogP) is 2.74. The highest BCUT2D eigenvalue weighted by Crippen LogP contribution is 2.28. The van der Waals surface area contributed by atoms with Crippen LogP contribution in [0, 0.1) is 16.0 Å². The number of ether oxygens (including phenoxy) is 1. The van der Waals surface area contributed by atoms with Gasteiger partial charge in [0.25, 0.3) is 11.6 Å². The molecule has 2 atom stereocenters. The number of carbonyl (C=O) groups is 1. The number of nitrogens with zero attached hydrogens (tertiary/aromatic N) is 2. The lowest BCUT2D eigenvalue weighted by atomic mass is 9.87. The van der Waals surface area contributed by atoms with Gasteiger partial charge < -0.3 is 15.0 Å². The van der Waals surface area contributed by atoms with Crippen molar-refractivity contribution in [1.82, 2.24) is 5.32 Å². The molecule has 0 bridgehead atoms. The standard InChI is InChI=1S/C18H25N3O4/c1-13-3-2-4-14(11-13)19-18(22)16-12-15(21(23)24)5-6-17(16)20-7-9-25-10-8-20/h5-6,12-14H,2-4,7-11H2,1H3,(H,19,22). The van der Waals surface area contributed by atoms with E-state index >= 15 is 0 Å². The minimum atomic E-state index is -0.456. The lowest BCUT2D eigenvalue weighted by molar-refractivity contribution is -0.384. The molecule has 1 saturated carbocycles. The van der Waals surface area contributed by atoms with Gasteiger partial charge in [-0.3, -0.25) is 14.9 Å². The first-order chi connectivity index (χ1) is 12.0. The number of hydrogen-bond acceptors (Lipinski definition) is 5. The van der Waals surface area contributed by atoms with Crippen LogP contribution in [0.3, 0.4) is 0 Å². The van der Waals surface area contributed by atoms with Gasteiger partial charge in [-0.2, -0.15) is 0 Å². The zero-order valence-corrected chi connectivity index (χ0v) is 14.6. The Morgan fingerprint density at radius 1 is 1.32 bits per heavy atom. The van der Waals surface area contributed by atoms with E-state index in [0.29, 0.717) is 37.8 Å². The van der Waals surface area contributed by atoms with E-state index in [1.165, 1.54) is 18.6 Å². The third-order valence-corrected chi connectivity index (χ3v) is 5.06. The highest BCUT2D eigenvalue weighted by molar-refractivity contribution is 6.00. The summed E-state index contributed by atoms with van der Waals surface area (Å²) in [5, 5.41) is 14.2. The average Bonchev–Trinajstić information content (AvgIpc) is 2.62. The zero-order valence-electron chi connectivity index (χ0n) is 14.6. The van der Waals surface area contributed by atoms with Crippen molar-refractivity contribution in [3.8, 4) is 0 Å². The molecule has 0 spiro atoms. The summed E-state index contributed by atoms with van der Waals surface area (Å²) < 4.78 is 5.37. The zero-order chi connectivity index (χ0) is 17.8. The van der Waals surface area contributed by atoms with Crippen molar-refractivity contribution < 1.29 is 14.5 Å². The quantitative estimate of drug-likeness (QED) is 0.669. The van der Waals surface area contributed by atoms with Crippen molar-refractivity contribution in [2.24, 2.45) is 5.92 Å². The lowest BCUT2D eigenvalue weighted by Gasteiger charge is -2.31. The van der Waals surface area contributed by atoms with Crippen LogP contribution in [0.5, 0.6) is 0 Å². The number of anilines is 1. The van der Waals surface area contributed by atoms with E-state index < -0.39 is 4.92 Å². The molecule has 0 aromatic heterocycles. The second-order valence-corrected chi connectivity index (χ2v) is 7.00. The van der Waals surface area contributed by atoms with Crippen molar-refractivity contribution in [3.05, 3.63) is 33.9 Å². The van der Waals surface area contributed by atoms with Gasteiger partial charge in [-0.05, 0) is 24.8 Å². The van der Waals surface area contributed by atoms with Gasteiger partial charge in [0.2, 0.25) is 0 Å². The molecule has 0 radical (unpaired) electrons. The number of nitro groups is 1. The van der Waals surface area contributed by atoms with Crippen LogP contribution in [0.1, 0.15) is 43.0 Å². The first kappa shape index (κ1) is 17.7. The van der Waals surface area contributed by atoms with Crippen molar-refractivity contribution in [2.75, 3.05) is 31.2 Å². The Hall–Kier alpha value is -2.15. The van der Waals surface area contributed by atoms with E-state index in [2.05, 4.69) is 17.1 Å². The van der Waals surface area contributed by atoms with Crippen LogP contribution in [0.2, 0.25) is 0 Å². The molecule has 1 saturated heterocycles. The van der Waals surface area contributed by atoms with Crippen LogP contribution in [-0.2, 0) is 4.74 Å². The van der Waals surface area contributed by atoms with Gasteiger partial charge in [0, 0.05) is 31.3 Å². The first-order valence-corrected chi connectivity index (χ1v) is 8.96. The Morgan fingerprint density at radius 3 is 2.76 bits per heavy atom. The number of non-ortho nitro benzene ring substituents is 1. The third-order valence-electron chi connectivity index (χ3n) is 5.06. The molecule has 1 aromatic rings. The number of nitro benzene ring substituents is 1. The van der Waals surface area contributed by atoms with Gasteiger partial charge in [0.15, 0.2) is 0 Å². The number of benzene rings is 1. The van der Waals surface area contributed by atoms with Gasteiger partial charge in [-0.15, -0.1) is 0 Å². The molecule has 2 fully saturated rings. The molecule has 1 amide bonds. The number of amides is 1. The van der Waals surface area contributed by atoms with Crippen molar-refractivity contribution in [2.45, 2.75) is 38.6 Å². The van der Waals surface area contributed by atoms with Crippen LogP contribution in [0.15, 0.2) is 18.2 Å². The minimum absolute atomic E-state index is 0.0563. The van der Waals surface area contributed by atoms with Crippen LogP contribution in [0.4, 0.5) is 11.4 Å². The molecular weight excluding hydrogens is 322 g/mol. The predicted molar refractivity (Wildman–Crippen MR) is 95.0 cm³/mol. The van der Waals surface area contributed by atoms with Crippen molar-refractivity contribution >= 4 is 17.3 Å². The topological polar surface area (TPSA) is 84.7 Å². The summed E-state index contributed by atoms with van der Waals surface area (Å²) in [5.41, 5.74) is 1.07. The normalized spacial score (nSPS) is 24.0. The number of morpholine rings is 1. The van der Waals surface area contributed by atoms with Gasteiger partial charge in [-0.25, -0.2) is 0 Å². The maximum absolute atomic E-state index is 12.9. The Morgan fingerprint density at radius 2 is 2.08 bits per heavy atom. The smallest absolute Gasteiger partial charge is 0.270 e. The number of rotatable bonds is 4. The van der Waals surface area contributed by atoms with Gasteiger partial charge in [-0.1, -0.05) is 19.8 Å². The van der Waals surface area contributed by atoms with Gasteiger partial charge in [0.05, 0.1) is 29.4 Å². The monoisotopic (exact) mass is 347 g/mol. The maximum atomic E-state index is 12.9. The fourth-order valence-corrected chi connectivity index (χ4v) is 3.73. The molecule has 25 heavy (non-hydrogen) atoms. The molecule has 136 valence electrons. The molecular formula is C18H25N3O4. The second kappa shape index (κ2) is 7.82. The molecule has 2 unspecified atom stereocenters. The first-order valence-electron chi connectivity index (χ1n) is 8.96. The molecule has 1 heterocycles. The molecule has 1 aliphatic heterocycles. The van der Waals surface area contributed by atoms with E-state index in [1.54, 1.807) is 6.07 Å². The summed E-state index contributed by atoms with van der Waals surface area (Å²) in [7, 11) is 0. The second-order valence-electron chi connectivity index (χ2n) is 7.00. The molecule has 1 aromatic carbocycles. The fourth-order valence-electron chi connectivity index (χ4n) is 3.73. The molecule has 1 N–H and O–H groups in total. The van der Waals surface area contributed by atoms with Crippen molar-refractivity contribution in [3.63, 3.8) is 0 Å². The summed E-state index contributed by atoms with van der Waals surface area (Å²) in [6.07, 6.45) is 4.24. The number of hydrogen-bond donors (Lipinski definition) is 1. The van der Waals surface area contributed by atoms with Crippen LogP contribution >= 0.6 is 0 Å². The van der Waals surface area contributed by atoms with E-state index in [-0.39, 0.29) is 17.6 Å². The van der Waals surface area contributed by atoms with Crippen molar-refractivity contribution in [1.29, 1.82) is 0 Å². The minimum Gasteiger partial charge on any atom is -0.378 e. The SMILES string of the molecule is CC1CCCC(NC(=O)c2cc([N+](=O)[O-])ccc2N2CCOCC2)C1. The lowest BCUT2D eigenvalue weighted by Crippen LogP contribution is -2.40. The largest absolute Gasteiger partial charge is 0.378 e. The molecule has 7 heteroatoms. The van der Waals surface area contributed by atoms with E-state index in [9.17, 15) is 14.9 Å². The summed E-state index contributed by atoms with van der Waals surface area (Å²) in [6.45, 7) is 4.75. The molecule has 3 rings (SSSR count). The third kappa shape index (κ3) is 4.28. The number of nitrogens with one attached hydrogen (secondary N) is 1. The summed E-state index contributed by atoms with van der Waals surface area (Å²) in [6, 6.07) is 4.69. The van der Waals surface area contributed by atoms with Gasteiger partial charge >= 0.3 is 0 Å². The van der Waals surface area contributed by atoms with Crippen LogP contribution in [-0.4, -0.2) is 43.2 Å². The van der Waals surface area contributed by atoms with Gasteiger partial charge in [0.1, 0.15) is 0 Å². The maximum Gasteiger partial charge on any atom is 0.270 e. The van der Waals surface area contributed by atoms with E-state index in [1.807, 2.05) is 0 Å². The Bertz CT molecular complexity index is 643. The summed E-state index contributed by atoms with van der Waals surface area (Å²) in [4.78, 5) is 25.6. The van der Waals surface area contributed by atoms with E-state index in [0.717, 1.165) is 24.9 Å². The van der Waals surface area contributed by atoms with E-state index in [4.69, 9.17) is 4.74 Å². The average molecular weight is 347 g/mol. The molecule has 2 aliphatic rings. The van der Waals surface area contributed by atoms with Crippen LogP contribution in [0.25, 0.3) is 0 Å². The summed E-state index contributed by atoms with van der Waals surface area (Å²) in [5.74, 6) is 0.382.